The molecule has 0 atom stereocenters. The summed E-state index contributed by atoms with van der Waals surface area (Å²) in [6.45, 7) is 6.71. The van der Waals surface area contributed by atoms with Crippen molar-refractivity contribution in [1.82, 2.24) is 19.3 Å². The molecule has 10 rings (SSSR count). The first-order valence-corrected chi connectivity index (χ1v) is 19.9. The van der Waals surface area contributed by atoms with Gasteiger partial charge in [0.2, 0.25) is 0 Å². The smallest absolute Gasteiger partial charge is 0.182 e. The fourth-order valence-corrected chi connectivity index (χ4v) is 8.23. The molecule has 0 radical (unpaired) electrons. The maximum Gasteiger partial charge on any atom is 0.182 e. The minimum absolute atomic E-state index is 0.0614. The van der Waals surface area contributed by atoms with Crippen molar-refractivity contribution in [3.8, 4) is 67.5 Å². The van der Waals surface area contributed by atoms with Crippen LogP contribution in [0.25, 0.3) is 89.3 Å². The Kier molecular flexibility index (Phi) is 8.68. The van der Waals surface area contributed by atoms with Crippen LogP contribution in [0.1, 0.15) is 26.3 Å². The van der Waals surface area contributed by atoms with E-state index in [-0.39, 0.29) is 5.41 Å². The molecular formula is C54H42N4. The minimum atomic E-state index is 0.0614. The first-order chi connectivity index (χ1) is 28.4. The highest BCUT2D eigenvalue weighted by Gasteiger charge is 2.19. The molecule has 2 aromatic heterocycles. The van der Waals surface area contributed by atoms with E-state index in [1.54, 1.807) is 0 Å². The summed E-state index contributed by atoms with van der Waals surface area (Å²) in [6, 6.07) is 71.4. The molecule has 0 bridgehead atoms. The van der Waals surface area contributed by atoms with Crippen molar-refractivity contribution in [3.05, 3.63) is 206 Å². The van der Waals surface area contributed by atoms with Gasteiger partial charge in [-0.05, 0) is 86.8 Å². The van der Waals surface area contributed by atoms with Crippen molar-refractivity contribution < 1.29 is 0 Å². The highest BCUT2D eigenvalue weighted by atomic mass is 15.4. The summed E-state index contributed by atoms with van der Waals surface area (Å²) in [7, 11) is 0. The van der Waals surface area contributed by atoms with Gasteiger partial charge in [-0.3, -0.25) is 0 Å². The third-order valence-corrected chi connectivity index (χ3v) is 11.2. The van der Waals surface area contributed by atoms with Gasteiger partial charge >= 0.3 is 0 Å². The fraction of sp³-hybridized carbons (Fsp3) is 0.0741. The van der Waals surface area contributed by atoms with E-state index in [4.69, 9.17) is 10.1 Å². The summed E-state index contributed by atoms with van der Waals surface area (Å²) in [5, 5.41) is 7.56. The van der Waals surface area contributed by atoms with E-state index in [9.17, 15) is 0 Å². The Morgan fingerprint density at radius 2 is 0.931 bits per heavy atom. The second-order valence-electron chi connectivity index (χ2n) is 15.9. The van der Waals surface area contributed by atoms with Crippen LogP contribution < -0.4 is 0 Å². The molecule has 4 nitrogen and oxygen atoms in total. The molecule has 0 fully saturated rings. The average molecular weight is 747 g/mol. The number of para-hydroxylation sites is 2. The number of fused-ring (bicyclic) bond motifs is 3. The Balaban J connectivity index is 1.04. The number of hydrogen-bond acceptors (Lipinski definition) is 2. The third-order valence-electron chi connectivity index (χ3n) is 11.2. The van der Waals surface area contributed by atoms with Crippen molar-refractivity contribution >= 4 is 21.8 Å². The lowest BCUT2D eigenvalue weighted by atomic mass is 9.86. The van der Waals surface area contributed by atoms with Crippen LogP contribution in [0.2, 0.25) is 0 Å². The standard InChI is InChI=1S/C54H42N4/c1-54(2,3)41-31-26-39(27-32-41)53-55-52(38-16-6-4-7-17-38)56-58(53)43-33-28-37(29-34-43)44-20-10-12-22-46(44)47-23-13-11-21-45(47)40-30-35-51-49(36-40)48-24-14-15-25-50(48)57(51)42-18-8-5-9-19-42/h4-36H,1-3H3. The van der Waals surface area contributed by atoms with E-state index < -0.39 is 0 Å². The monoisotopic (exact) mass is 746 g/mol. The number of rotatable bonds is 7. The maximum atomic E-state index is 5.09. The van der Waals surface area contributed by atoms with Gasteiger partial charge in [0.05, 0.1) is 16.7 Å². The zero-order valence-corrected chi connectivity index (χ0v) is 32.8. The summed E-state index contributed by atoms with van der Waals surface area (Å²) in [4.78, 5) is 5.09. The quantitative estimate of drug-likeness (QED) is 0.163. The molecular weight excluding hydrogens is 705 g/mol. The average Bonchev–Trinajstić information content (AvgIpc) is 3.87. The number of hydrogen-bond donors (Lipinski definition) is 0. The largest absolute Gasteiger partial charge is 0.309 e. The second kappa shape index (κ2) is 14.3. The number of benzene rings is 8. The lowest BCUT2D eigenvalue weighted by Gasteiger charge is -2.19. The Hall–Kier alpha value is -7.30. The van der Waals surface area contributed by atoms with E-state index >= 15 is 0 Å². The minimum Gasteiger partial charge on any atom is -0.309 e. The molecule has 0 aliphatic rings. The normalized spacial score (nSPS) is 11.7. The topological polar surface area (TPSA) is 35.6 Å². The summed E-state index contributed by atoms with van der Waals surface area (Å²) in [5.41, 5.74) is 14.9. The molecule has 0 unspecified atom stereocenters. The predicted octanol–water partition coefficient (Wildman–Crippen LogP) is 14.0. The van der Waals surface area contributed by atoms with E-state index in [1.165, 1.54) is 55.2 Å². The molecule has 0 saturated carbocycles. The van der Waals surface area contributed by atoms with Gasteiger partial charge in [-0.1, -0.05) is 178 Å². The Morgan fingerprint density at radius 3 is 1.60 bits per heavy atom. The van der Waals surface area contributed by atoms with Crippen molar-refractivity contribution in [2.75, 3.05) is 0 Å². The molecule has 0 aliphatic carbocycles. The highest BCUT2D eigenvalue weighted by Crippen LogP contribution is 2.41. The maximum absolute atomic E-state index is 5.09. The SMILES string of the molecule is CC(C)(C)c1ccc(-c2nc(-c3ccccc3)nn2-c2ccc(-c3ccccc3-c3ccccc3-c3ccc4c(c3)c3ccccc3n4-c3ccccc3)cc2)cc1. The van der Waals surface area contributed by atoms with Crippen LogP contribution in [0.4, 0.5) is 0 Å². The second-order valence-corrected chi connectivity index (χ2v) is 15.9. The summed E-state index contributed by atoms with van der Waals surface area (Å²) < 4.78 is 4.34. The van der Waals surface area contributed by atoms with Crippen LogP contribution in [0, 0.1) is 0 Å². The first-order valence-electron chi connectivity index (χ1n) is 19.9. The first kappa shape index (κ1) is 35.1. The summed E-state index contributed by atoms with van der Waals surface area (Å²) >= 11 is 0. The summed E-state index contributed by atoms with van der Waals surface area (Å²) in [5.74, 6) is 1.51. The van der Waals surface area contributed by atoms with E-state index in [0.717, 1.165) is 33.9 Å². The van der Waals surface area contributed by atoms with Gasteiger partial charge in [0, 0.05) is 27.6 Å². The number of aromatic nitrogens is 4. The van der Waals surface area contributed by atoms with Crippen LogP contribution in [0.15, 0.2) is 200 Å². The fourth-order valence-electron chi connectivity index (χ4n) is 8.23. The van der Waals surface area contributed by atoms with Crippen molar-refractivity contribution in [2.24, 2.45) is 0 Å². The Bertz CT molecular complexity index is 3060. The Labute approximate surface area is 339 Å². The zero-order chi connectivity index (χ0) is 39.2. The lowest BCUT2D eigenvalue weighted by molar-refractivity contribution is 0.590. The van der Waals surface area contributed by atoms with Gasteiger partial charge in [-0.2, -0.15) is 0 Å². The molecule has 0 saturated heterocycles. The van der Waals surface area contributed by atoms with Crippen LogP contribution >= 0.6 is 0 Å². The third kappa shape index (κ3) is 6.29. The van der Waals surface area contributed by atoms with Crippen LogP contribution in [-0.4, -0.2) is 19.3 Å². The zero-order valence-electron chi connectivity index (χ0n) is 32.8. The molecule has 0 spiro atoms. The molecule has 2 heterocycles. The molecule has 0 amide bonds. The molecule has 4 heteroatoms. The van der Waals surface area contributed by atoms with Gasteiger partial charge in [0.15, 0.2) is 11.6 Å². The van der Waals surface area contributed by atoms with Crippen molar-refractivity contribution in [2.45, 2.75) is 26.2 Å². The van der Waals surface area contributed by atoms with E-state index in [2.05, 4.69) is 207 Å². The molecule has 0 N–H and O–H groups in total. The molecule has 8 aromatic carbocycles. The van der Waals surface area contributed by atoms with Crippen LogP contribution in [0.5, 0.6) is 0 Å². The van der Waals surface area contributed by atoms with E-state index in [0.29, 0.717) is 5.82 Å². The molecule has 0 aliphatic heterocycles. The van der Waals surface area contributed by atoms with Gasteiger partial charge in [-0.25, -0.2) is 9.67 Å². The Morgan fingerprint density at radius 1 is 0.397 bits per heavy atom. The summed E-state index contributed by atoms with van der Waals surface area (Å²) in [6.07, 6.45) is 0. The van der Waals surface area contributed by atoms with Crippen molar-refractivity contribution in [3.63, 3.8) is 0 Å². The molecule has 278 valence electrons. The van der Waals surface area contributed by atoms with Crippen molar-refractivity contribution in [1.29, 1.82) is 0 Å². The molecule has 58 heavy (non-hydrogen) atoms. The van der Waals surface area contributed by atoms with Gasteiger partial charge in [0.25, 0.3) is 0 Å². The van der Waals surface area contributed by atoms with E-state index in [1.807, 2.05) is 22.9 Å². The van der Waals surface area contributed by atoms with Crippen LogP contribution in [0.3, 0.4) is 0 Å². The number of nitrogens with zero attached hydrogens (tertiary/aromatic N) is 4. The van der Waals surface area contributed by atoms with Gasteiger partial charge in [-0.15, -0.1) is 5.10 Å². The van der Waals surface area contributed by atoms with Crippen LogP contribution in [-0.2, 0) is 5.41 Å². The predicted molar refractivity (Wildman–Crippen MR) is 242 cm³/mol. The van der Waals surface area contributed by atoms with Gasteiger partial charge < -0.3 is 4.57 Å². The highest BCUT2D eigenvalue weighted by molar-refractivity contribution is 6.11. The molecule has 10 aromatic rings. The lowest BCUT2D eigenvalue weighted by Crippen LogP contribution is -2.10. The van der Waals surface area contributed by atoms with Gasteiger partial charge in [0.1, 0.15) is 0 Å².